The van der Waals surface area contributed by atoms with E-state index in [-0.39, 0.29) is 5.91 Å². The number of terminal acetylenes is 1. The molecular formula is C13H15NO2. The van der Waals surface area contributed by atoms with Gasteiger partial charge in [-0.1, -0.05) is 12.0 Å². The van der Waals surface area contributed by atoms with E-state index in [1.54, 1.807) is 31.2 Å². The van der Waals surface area contributed by atoms with Crippen LogP contribution in [-0.2, 0) is 4.79 Å². The van der Waals surface area contributed by atoms with Gasteiger partial charge in [0, 0.05) is 17.7 Å². The summed E-state index contributed by atoms with van der Waals surface area (Å²) in [5.41, 5.74) is 1.42. The first kappa shape index (κ1) is 12.3. The fourth-order valence-corrected chi connectivity index (χ4v) is 1.25. The van der Waals surface area contributed by atoms with Crippen molar-refractivity contribution >= 4 is 11.6 Å². The number of anilines is 1. The zero-order chi connectivity index (χ0) is 12.0. The Kier molecular flexibility index (Phi) is 4.56. The Labute approximate surface area is 95.5 Å². The van der Waals surface area contributed by atoms with Gasteiger partial charge in [0.2, 0.25) is 5.91 Å². The van der Waals surface area contributed by atoms with E-state index < -0.39 is 6.10 Å². The van der Waals surface area contributed by atoms with Gasteiger partial charge in [0.15, 0.2) is 0 Å². The minimum absolute atomic E-state index is 0.116. The van der Waals surface area contributed by atoms with E-state index in [0.29, 0.717) is 18.5 Å². The van der Waals surface area contributed by atoms with Crippen LogP contribution >= 0.6 is 0 Å². The number of rotatable bonds is 4. The molecule has 1 aromatic carbocycles. The highest BCUT2D eigenvalue weighted by molar-refractivity contribution is 5.90. The second-order valence-corrected chi connectivity index (χ2v) is 3.66. The number of aliphatic hydroxyl groups is 1. The first-order chi connectivity index (χ1) is 7.61. The molecule has 0 aliphatic rings. The lowest BCUT2D eigenvalue weighted by molar-refractivity contribution is -0.116. The van der Waals surface area contributed by atoms with Crippen LogP contribution in [0.2, 0.25) is 0 Å². The van der Waals surface area contributed by atoms with Gasteiger partial charge in [0.1, 0.15) is 0 Å². The van der Waals surface area contributed by atoms with Crippen LogP contribution in [0.15, 0.2) is 24.3 Å². The quantitative estimate of drug-likeness (QED) is 0.755. The van der Waals surface area contributed by atoms with Crippen molar-refractivity contribution in [2.45, 2.75) is 25.9 Å². The molecule has 0 fully saturated rings. The van der Waals surface area contributed by atoms with Gasteiger partial charge < -0.3 is 10.4 Å². The average Bonchev–Trinajstić information content (AvgIpc) is 2.26. The Hall–Kier alpha value is -1.79. The van der Waals surface area contributed by atoms with Crippen molar-refractivity contribution in [3.63, 3.8) is 0 Å². The van der Waals surface area contributed by atoms with Gasteiger partial charge in [-0.15, -0.1) is 6.42 Å². The molecule has 16 heavy (non-hydrogen) atoms. The number of aliphatic hydroxyl groups excluding tert-OH is 1. The summed E-state index contributed by atoms with van der Waals surface area (Å²) in [7, 11) is 0. The van der Waals surface area contributed by atoms with E-state index in [2.05, 4.69) is 11.2 Å². The number of carbonyl (C=O) groups excluding carboxylic acids is 1. The smallest absolute Gasteiger partial charge is 0.224 e. The summed E-state index contributed by atoms with van der Waals surface area (Å²) in [6.07, 6.45) is 5.56. The number of benzene rings is 1. The van der Waals surface area contributed by atoms with Crippen LogP contribution in [-0.4, -0.2) is 17.1 Å². The lowest BCUT2D eigenvalue weighted by Gasteiger charge is -2.06. The maximum absolute atomic E-state index is 11.4. The first-order valence-electron chi connectivity index (χ1n) is 5.16. The van der Waals surface area contributed by atoms with E-state index in [1.807, 2.05) is 0 Å². The molecule has 0 saturated heterocycles. The summed E-state index contributed by atoms with van der Waals surface area (Å²) in [5.74, 6) is 2.38. The topological polar surface area (TPSA) is 49.3 Å². The summed E-state index contributed by atoms with van der Waals surface area (Å²) in [6.45, 7) is 1.66. The SMILES string of the molecule is C#Cc1cccc(NC(=O)CCC(C)O)c1. The number of hydrogen-bond donors (Lipinski definition) is 2. The van der Waals surface area contributed by atoms with Crippen LogP contribution in [0, 0.1) is 12.3 Å². The zero-order valence-corrected chi connectivity index (χ0v) is 9.23. The predicted octanol–water partition coefficient (Wildman–Crippen LogP) is 1.77. The molecule has 0 aromatic heterocycles. The van der Waals surface area contributed by atoms with Crippen LogP contribution in [0.25, 0.3) is 0 Å². The monoisotopic (exact) mass is 217 g/mol. The van der Waals surface area contributed by atoms with E-state index >= 15 is 0 Å². The molecule has 2 N–H and O–H groups in total. The Morgan fingerprint density at radius 2 is 2.38 bits per heavy atom. The molecule has 84 valence electrons. The Morgan fingerprint density at radius 1 is 1.62 bits per heavy atom. The van der Waals surface area contributed by atoms with Gasteiger partial charge in [0.25, 0.3) is 0 Å². The predicted molar refractivity (Wildman–Crippen MR) is 63.9 cm³/mol. The van der Waals surface area contributed by atoms with Gasteiger partial charge in [-0.05, 0) is 31.5 Å². The molecule has 0 saturated carbocycles. The van der Waals surface area contributed by atoms with Gasteiger partial charge in [-0.25, -0.2) is 0 Å². The molecule has 1 amide bonds. The van der Waals surface area contributed by atoms with Crippen LogP contribution < -0.4 is 5.32 Å². The number of nitrogens with one attached hydrogen (secondary N) is 1. The van der Waals surface area contributed by atoms with Crippen molar-refractivity contribution in [3.05, 3.63) is 29.8 Å². The van der Waals surface area contributed by atoms with Crippen molar-refractivity contribution in [2.75, 3.05) is 5.32 Å². The molecular weight excluding hydrogens is 202 g/mol. The lowest BCUT2D eigenvalue weighted by Crippen LogP contribution is -2.14. The molecule has 0 aliphatic heterocycles. The van der Waals surface area contributed by atoms with Crippen molar-refractivity contribution in [1.29, 1.82) is 0 Å². The lowest BCUT2D eigenvalue weighted by atomic mass is 10.2. The van der Waals surface area contributed by atoms with Crippen LogP contribution in [0.1, 0.15) is 25.3 Å². The van der Waals surface area contributed by atoms with Crippen molar-refractivity contribution in [1.82, 2.24) is 0 Å². The fourth-order valence-electron chi connectivity index (χ4n) is 1.25. The standard InChI is InChI=1S/C13H15NO2/c1-3-11-5-4-6-12(9-11)14-13(16)8-7-10(2)15/h1,4-6,9-10,15H,7-8H2,2H3,(H,14,16). The van der Waals surface area contributed by atoms with Crippen LogP contribution in [0.5, 0.6) is 0 Å². The molecule has 0 aliphatic carbocycles. The van der Waals surface area contributed by atoms with E-state index in [4.69, 9.17) is 11.5 Å². The average molecular weight is 217 g/mol. The van der Waals surface area contributed by atoms with Gasteiger partial charge in [-0.2, -0.15) is 0 Å². The zero-order valence-electron chi connectivity index (χ0n) is 9.23. The summed E-state index contributed by atoms with van der Waals surface area (Å²) in [6, 6.07) is 7.10. The second kappa shape index (κ2) is 5.94. The van der Waals surface area contributed by atoms with Crippen LogP contribution in [0.3, 0.4) is 0 Å². The molecule has 3 heteroatoms. The minimum atomic E-state index is -0.456. The number of hydrogen-bond acceptors (Lipinski definition) is 2. The van der Waals surface area contributed by atoms with E-state index in [1.165, 1.54) is 0 Å². The summed E-state index contributed by atoms with van der Waals surface area (Å²) in [4.78, 5) is 11.4. The Balaban J connectivity index is 2.53. The Bertz CT molecular complexity index is 405. The number of amides is 1. The molecule has 0 spiro atoms. The molecule has 1 unspecified atom stereocenters. The number of carbonyl (C=O) groups is 1. The van der Waals surface area contributed by atoms with Crippen LogP contribution in [0.4, 0.5) is 5.69 Å². The largest absolute Gasteiger partial charge is 0.393 e. The summed E-state index contributed by atoms with van der Waals surface area (Å²) in [5, 5.41) is 11.8. The van der Waals surface area contributed by atoms with Crippen molar-refractivity contribution < 1.29 is 9.90 Å². The highest BCUT2D eigenvalue weighted by atomic mass is 16.3. The fraction of sp³-hybridized carbons (Fsp3) is 0.308. The first-order valence-corrected chi connectivity index (χ1v) is 5.16. The molecule has 1 rings (SSSR count). The van der Waals surface area contributed by atoms with E-state index in [9.17, 15) is 4.79 Å². The van der Waals surface area contributed by atoms with Gasteiger partial charge in [-0.3, -0.25) is 4.79 Å². The summed E-state index contributed by atoms with van der Waals surface area (Å²) >= 11 is 0. The molecule has 0 heterocycles. The second-order valence-electron chi connectivity index (χ2n) is 3.66. The third kappa shape index (κ3) is 4.16. The third-order valence-electron chi connectivity index (χ3n) is 2.10. The molecule has 0 radical (unpaired) electrons. The molecule has 1 aromatic rings. The van der Waals surface area contributed by atoms with E-state index in [0.717, 1.165) is 5.56 Å². The van der Waals surface area contributed by atoms with Crippen molar-refractivity contribution in [2.24, 2.45) is 0 Å². The maximum atomic E-state index is 11.4. The molecule has 3 nitrogen and oxygen atoms in total. The highest BCUT2D eigenvalue weighted by Crippen LogP contribution is 2.10. The van der Waals surface area contributed by atoms with Crippen molar-refractivity contribution in [3.8, 4) is 12.3 Å². The van der Waals surface area contributed by atoms with Gasteiger partial charge >= 0.3 is 0 Å². The normalized spacial score (nSPS) is 11.6. The maximum Gasteiger partial charge on any atom is 0.224 e. The Morgan fingerprint density at radius 3 is 3.00 bits per heavy atom. The minimum Gasteiger partial charge on any atom is -0.393 e. The van der Waals surface area contributed by atoms with Gasteiger partial charge in [0.05, 0.1) is 6.10 Å². The molecule has 0 bridgehead atoms. The molecule has 1 atom stereocenters. The highest BCUT2D eigenvalue weighted by Gasteiger charge is 2.04. The summed E-state index contributed by atoms with van der Waals surface area (Å²) < 4.78 is 0. The third-order valence-corrected chi connectivity index (χ3v) is 2.10.